The van der Waals surface area contributed by atoms with Crippen molar-refractivity contribution in [2.45, 2.75) is 31.8 Å². The standard InChI is InChI=1S/C28H29N7O2S/c1-34-12-10-21(33-34)24-22(19-6-4-3-5-7-19)23-25(30-20-9-8-18(16-20)17-36)31-26(32-28(23)38-24)27-29-11-13-35(27)14-15-37-2/h3-7,10-13,17-18,20H,8-9,14-16H2,1-2H3,(H,30,31,32)/t18-,20+/m0/s1. The molecule has 1 aromatic carbocycles. The Balaban J connectivity index is 1.57. The fraction of sp³-hybridized carbons (Fsp3) is 0.321. The number of anilines is 1. The Bertz CT molecular complexity index is 1570. The van der Waals surface area contributed by atoms with Gasteiger partial charge in [0.2, 0.25) is 0 Å². The molecule has 2 atom stereocenters. The molecule has 0 unspecified atom stereocenters. The number of carbonyl (C=O) groups excluding carboxylic acids is 1. The molecule has 194 valence electrons. The minimum absolute atomic E-state index is 0.0809. The Hall–Kier alpha value is -3.89. The average molecular weight is 528 g/mol. The first-order valence-electron chi connectivity index (χ1n) is 12.8. The van der Waals surface area contributed by atoms with Crippen molar-refractivity contribution in [3.63, 3.8) is 0 Å². The van der Waals surface area contributed by atoms with Crippen LogP contribution in [0.5, 0.6) is 0 Å². The predicted molar refractivity (Wildman–Crippen MR) is 149 cm³/mol. The molecule has 0 bridgehead atoms. The Morgan fingerprint density at radius 2 is 2.03 bits per heavy atom. The summed E-state index contributed by atoms with van der Waals surface area (Å²) in [6, 6.07) is 12.5. The van der Waals surface area contributed by atoms with Crippen molar-refractivity contribution in [1.82, 2.24) is 29.3 Å². The zero-order valence-electron chi connectivity index (χ0n) is 21.4. The van der Waals surface area contributed by atoms with Gasteiger partial charge in [-0.1, -0.05) is 30.3 Å². The molecule has 0 spiro atoms. The van der Waals surface area contributed by atoms with Crippen LogP contribution in [0.2, 0.25) is 0 Å². The van der Waals surface area contributed by atoms with Crippen molar-refractivity contribution in [3.05, 3.63) is 55.0 Å². The number of aryl methyl sites for hydroxylation is 1. The number of nitrogens with zero attached hydrogens (tertiary/aromatic N) is 6. The Morgan fingerprint density at radius 3 is 2.76 bits per heavy atom. The van der Waals surface area contributed by atoms with Crippen LogP contribution in [0.15, 0.2) is 55.0 Å². The van der Waals surface area contributed by atoms with Gasteiger partial charge in [0.05, 0.1) is 16.9 Å². The third-order valence-electron chi connectivity index (χ3n) is 7.02. The first-order valence-corrected chi connectivity index (χ1v) is 13.6. The predicted octanol–water partition coefficient (Wildman–Crippen LogP) is 5.05. The van der Waals surface area contributed by atoms with Gasteiger partial charge in [0.15, 0.2) is 11.6 Å². The number of aromatic nitrogens is 6. The second-order valence-corrected chi connectivity index (χ2v) is 10.6. The van der Waals surface area contributed by atoms with Crippen LogP contribution < -0.4 is 5.32 Å². The van der Waals surface area contributed by atoms with Gasteiger partial charge in [0.1, 0.15) is 22.6 Å². The molecule has 0 saturated heterocycles. The Labute approximate surface area is 224 Å². The first kappa shape index (κ1) is 24.4. The minimum atomic E-state index is 0.0809. The van der Waals surface area contributed by atoms with Gasteiger partial charge in [0, 0.05) is 56.8 Å². The highest BCUT2D eigenvalue weighted by Crippen LogP contribution is 2.47. The maximum Gasteiger partial charge on any atom is 0.199 e. The van der Waals surface area contributed by atoms with Gasteiger partial charge in [0.25, 0.3) is 0 Å². The smallest absolute Gasteiger partial charge is 0.199 e. The summed E-state index contributed by atoms with van der Waals surface area (Å²) in [4.78, 5) is 28.1. The van der Waals surface area contributed by atoms with E-state index in [1.165, 1.54) is 0 Å². The summed E-state index contributed by atoms with van der Waals surface area (Å²) in [5.74, 6) is 2.09. The van der Waals surface area contributed by atoms with Crippen molar-refractivity contribution < 1.29 is 9.53 Å². The molecule has 0 aliphatic heterocycles. The largest absolute Gasteiger partial charge is 0.383 e. The Kier molecular flexibility index (Phi) is 6.73. The number of hydrogen-bond donors (Lipinski definition) is 1. The van der Waals surface area contributed by atoms with E-state index in [1.807, 2.05) is 53.0 Å². The summed E-state index contributed by atoms with van der Waals surface area (Å²) < 4.78 is 9.12. The zero-order chi connectivity index (χ0) is 26.1. The van der Waals surface area contributed by atoms with Crippen LogP contribution in [0.4, 0.5) is 5.82 Å². The third kappa shape index (κ3) is 4.61. The highest BCUT2D eigenvalue weighted by Gasteiger charge is 2.28. The van der Waals surface area contributed by atoms with E-state index in [0.717, 1.165) is 63.3 Å². The van der Waals surface area contributed by atoms with Gasteiger partial charge in [-0.05, 0) is 30.9 Å². The van der Waals surface area contributed by atoms with E-state index in [9.17, 15) is 4.79 Å². The molecule has 1 aliphatic carbocycles. The molecule has 1 N–H and O–H groups in total. The van der Waals surface area contributed by atoms with Gasteiger partial charge in [-0.3, -0.25) is 4.68 Å². The molecule has 9 nitrogen and oxygen atoms in total. The molecule has 4 aromatic heterocycles. The maximum atomic E-state index is 11.5. The van der Waals surface area contributed by atoms with Crippen LogP contribution in [-0.2, 0) is 23.1 Å². The summed E-state index contributed by atoms with van der Waals surface area (Å²) in [5.41, 5.74) is 3.04. The topological polar surface area (TPSA) is 99.8 Å². The molecule has 5 aromatic rings. The van der Waals surface area contributed by atoms with Crippen LogP contribution in [0.3, 0.4) is 0 Å². The van der Waals surface area contributed by atoms with Crippen LogP contribution in [0, 0.1) is 5.92 Å². The third-order valence-corrected chi connectivity index (χ3v) is 8.12. The summed E-state index contributed by atoms with van der Waals surface area (Å²) in [5, 5.41) is 9.40. The van der Waals surface area contributed by atoms with Crippen molar-refractivity contribution in [2.75, 3.05) is 19.0 Å². The number of methoxy groups -OCH3 is 1. The number of benzene rings is 1. The van der Waals surface area contributed by atoms with Gasteiger partial charge in [-0.2, -0.15) is 5.10 Å². The van der Waals surface area contributed by atoms with E-state index in [4.69, 9.17) is 19.8 Å². The van der Waals surface area contributed by atoms with E-state index >= 15 is 0 Å². The van der Waals surface area contributed by atoms with Gasteiger partial charge < -0.3 is 19.4 Å². The number of rotatable bonds is 9. The highest BCUT2D eigenvalue weighted by atomic mass is 32.1. The second kappa shape index (κ2) is 10.5. The van der Waals surface area contributed by atoms with Crippen molar-refractivity contribution in [1.29, 1.82) is 0 Å². The number of fused-ring (bicyclic) bond motifs is 1. The second-order valence-electron chi connectivity index (χ2n) is 9.61. The van der Waals surface area contributed by atoms with Gasteiger partial charge >= 0.3 is 0 Å². The molecule has 10 heteroatoms. The van der Waals surface area contributed by atoms with E-state index in [-0.39, 0.29) is 12.0 Å². The quantitative estimate of drug-likeness (QED) is 0.268. The summed E-state index contributed by atoms with van der Waals surface area (Å²) in [6.45, 7) is 1.21. The highest BCUT2D eigenvalue weighted by molar-refractivity contribution is 7.22. The lowest BCUT2D eigenvalue weighted by Crippen LogP contribution is -2.17. The van der Waals surface area contributed by atoms with E-state index in [0.29, 0.717) is 24.8 Å². The number of imidazole rings is 1. The van der Waals surface area contributed by atoms with Crippen LogP contribution in [-0.4, -0.2) is 55.3 Å². The normalized spacial score (nSPS) is 17.3. The molecule has 1 fully saturated rings. The number of thiophene rings is 1. The number of ether oxygens (including phenoxy) is 1. The van der Waals surface area contributed by atoms with Crippen LogP contribution in [0.25, 0.3) is 43.6 Å². The molecule has 38 heavy (non-hydrogen) atoms. The minimum Gasteiger partial charge on any atom is -0.383 e. The Morgan fingerprint density at radius 1 is 1.16 bits per heavy atom. The van der Waals surface area contributed by atoms with Crippen molar-refractivity contribution in [3.8, 4) is 33.3 Å². The molecule has 4 heterocycles. The SMILES string of the molecule is COCCn1ccnc1-c1nc(N[C@@H]2CC[C@H](C=O)C2)c2c(-c3ccccc3)c(-c3ccn(C)n3)sc2n1. The molecule has 6 rings (SSSR count). The molecular formula is C28H29N7O2S. The monoisotopic (exact) mass is 527 g/mol. The number of nitrogens with one attached hydrogen (secondary N) is 1. The molecular weight excluding hydrogens is 498 g/mol. The van der Waals surface area contributed by atoms with E-state index < -0.39 is 0 Å². The van der Waals surface area contributed by atoms with Gasteiger partial charge in [-0.15, -0.1) is 11.3 Å². The van der Waals surface area contributed by atoms with E-state index in [1.54, 1.807) is 24.6 Å². The lowest BCUT2D eigenvalue weighted by Gasteiger charge is -2.16. The van der Waals surface area contributed by atoms with Crippen molar-refractivity contribution >= 4 is 33.7 Å². The first-order chi connectivity index (χ1) is 18.6. The maximum absolute atomic E-state index is 11.5. The fourth-order valence-corrected chi connectivity index (χ4v) is 6.31. The summed E-state index contributed by atoms with van der Waals surface area (Å²) in [6.07, 6.45) is 9.32. The average Bonchev–Trinajstić information content (AvgIpc) is 3.73. The van der Waals surface area contributed by atoms with E-state index in [2.05, 4.69) is 22.4 Å². The summed E-state index contributed by atoms with van der Waals surface area (Å²) >= 11 is 1.61. The summed E-state index contributed by atoms with van der Waals surface area (Å²) in [7, 11) is 3.61. The van der Waals surface area contributed by atoms with Crippen LogP contribution >= 0.6 is 11.3 Å². The molecule has 1 aliphatic rings. The number of aldehydes is 1. The zero-order valence-corrected chi connectivity index (χ0v) is 22.2. The fourth-order valence-electron chi connectivity index (χ4n) is 5.15. The molecule has 0 amide bonds. The molecule has 1 saturated carbocycles. The number of carbonyl (C=O) groups is 1. The molecule has 0 radical (unpaired) electrons. The van der Waals surface area contributed by atoms with Crippen molar-refractivity contribution in [2.24, 2.45) is 13.0 Å². The van der Waals surface area contributed by atoms with Crippen LogP contribution in [0.1, 0.15) is 19.3 Å². The lowest BCUT2D eigenvalue weighted by molar-refractivity contribution is -0.110. The number of hydrogen-bond acceptors (Lipinski definition) is 8. The lowest BCUT2D eigenvalue weighted by atomic mass is 10.0. The van der Waals surface area contributed by atoms with Gasteiger partial charge in [-0.25, -0.2) is 15.0 Å².